The lowest BCUT2D eigenvalue weighted by molar-refractivity contribution is 0.691. The van der Waals surface area contributed by atoms with Crippen molar-refractivity contribution in [2.45, 2.75) is 20.8 Å². The Bertz CT molecular complexity index is 349. The van der Waals surface area contributed by atoms with E-state index in [0.29, 0.717) is 0 Å². The molecule has 0 bridgehead atoms. The lowest BCUT2D eigenvalue weighted by atomic mass is 9.95. The van der Waals surface area contributed by atoms with Crippen LogP contribution >= 0.6 is 0 Å². The summed E-state index contributed by atoms with van der Waals surface area (Å²) in [4.78, 5) is 4.34. The van der Waals surface area contributed by atoms with Crippen molar-refractivity contribution in [1.29, 1.82) is 0 Å². The minimum atomic E-state index is 0.0224. The minimum absolute atomic E-state index is 0.0224. The molecule has 0 saturated carbocycles. The fourth-order valence-corrected chi connectivity index (χ4v) is 1.25. The average molecular weight is 175 g/mol. The Balaban J connectivity index is 2.50. The molecule has 2 rings (SSSR count). The molecule has 13 heavy (non-hydrogen) atoms. The van der Waals surface area contributed by atoms with Crippen LogP contribution in [0.3, 0.4) is 0 Å². The largest absolute Gasteiger partial charge is 0.232 e. The van der Waals surface area contributed by atoms with E-state index in [4.69, 9.17) is 0 Å². The summed E-state index contributed by atoms with van der Waals surface area (Å²) in [5, 5.41) is 4.33. The highest BCUT2D eigenvalue weighted by atomic mass is 15.4. The van der Waals surface area contributed by atoms with Crippen LogP contribution in [0, 0.1) is 12.3 Å². The Hall–Kier alpha value is -1.38. The van der Waals surface area contributed by atoms with Crippen LogP contribution in [0.4, 0.5) is 0 Å². The second-order valence-corrected chi connectivity index (χ2v) is 3.98. The molecule has 0 aromatic carbocycles. The molecule has 0 fully saturated rings. The number of hydrogen-bond acceptors (Lipinski definition) is 2. The molecule has 1 aliphatic heterocycles. The standard InChI is InChI=1S/C10H13N3/c1-8-6-13-9(12-8)4-5-10(2,3)7-11-13/h4-7H,1-3H3. The minimum Gasteiger partial charge on any atom is -0.232 e. The first-order valence-corrected chi connectivity index (χ1v) is 4.38. The number of fused-ring (bicyclic) bond motifs is 1. The number of allylic oxidation sites excluding steroid dienone is 1. The fraction of sp³-hybridized carbons (Fsp3) is 0.400. The molecule has 1 aromatic heterocycles. The maximum Gasteiger partial charge on any atom is 0.153 e. The molecule has 0 amide bonds. The molecule has 3 heteroatoms. The summed E-state index contributed by atoms with van der Waals surface area (Å²) in [6.07, 6.45) is 7.99. The molecular formula is C10H13N3. The van der Waals surface area contributed by atoms with Crippen molar-refractivity contribution >= 4 is 12.3 Å². The third kappa shape index (κ3) is 1.54. The highest BCUT2D eigenvalue weighted by molar-refractivity contribution is 5.70. The maximum absolute atomic E-state index is 4.34. The first-order chi connectivity index (χ1) is 6.07. The lowest BCUT2D eigenvalue weighted by Crippen LogP contribution is -2.07. The Morgan fingerprint density at radius 3 is 2.92 bits per heavy atom. The van der Waals surface area contributed by atoms with E-state index in [0.717, 1.165) is 11.5 Å². The molecule has 0 aliphatic carbocycles. The molecule has 1 aromatic rings. The Kier molecular flexibility index (Phi) is 1.62. The summed E-state index contributed by atoms with van der Waals surface area (Å²) in [5.41, 5.74) is 1.02. The Labute approximate surface area is 77.8 Å². The molecule has 68 valence electrons. The van der Waals surface area contributed by atoms with Gasteiger partial charge in [-0.05, 0) is 13.0 Å². The van der Waals surface area contributed by atoms with Gasteiger partial charge in [0, 0.05) is 11.6 Å². The van der Waals surface area contributed by atoms with E-state index in [1.54, 1.807) is 4.68 Å². The zero-order chi connectivity index (χ0) is 9.47. The van der Waals surface area contributed by atoms with Crippen molar-refractivity contribution in [2.75, 3.05) is 0 Å². The number of aromatic nitrogens is 2. The van der Waals surface area contributed by atoms with E-state index in [-0.39, 0.29) is 5.41 Å². The van der Waals surface area contributed by atoms with Gasteiger partial charge < -0.3 is 0 Å². The van der Waals surface area contributed by atoms with Crippen LogP contribution in [-0.4, -0.2) is 15.9 Å². The van der Waals surface area contributed by atoms with Crippen LogP contribution in [0.15, 0.2) is 17.4 Å². The highest BCUT2D eigenvalue weighted by Crippen LogP contribution is 2.19. The average Bonchev–Trinajstić information content (AvgIpc) is 2.34. The van der Waals surface area contributed by atoms with Gasteiger partial charge in [-0.25, -0.2) is 9.66 Å². The normalized spacial score (nSPS) is 18.4. The predicted octanol–water partition coefficient (Wildman–Crippen LogP) is 2.08. The molecule has 2 heterocycles. The molecule has 1 aliphatic rings. The topological polar surface area (TPSA) is 30.2 Å². The number of nitrogens with zero attached hydrogens (tertiary/aromatic N) is 3. The van der Waals surface area contributed by atoms with Gasteiger partial charge in [0.25, 0.3) is 0 Å². The summed E-state index contributed by atoms with van der Waals surface area (Å²) < 4.78 is 1.81. The quantitative estimate of drug-likeness (QED) is 0.593. The van der Waals surface area contributed by atoms with Gasteiger partial charge in [0.15, 0.2) is 5.82 Å². The molecule has 0 radical (unpaired) electrons. The van der Waals surface area contributed by atoms with Crippen molar-refractivity contribution in [3.8, 4) is 0 Å². The van der Waals surface area contributed by atoms with Crippen LogP contribution in [0.1, 0.15) is 25.4 Å². The van der Waals surface area contributed by atoms with Crippen molar-refractivity contribution in [3.05, 3.63) is 23.8 Å². The van der Waals surface area contributed by atoms with E-state index in [1.807, 2.05) is 25.4 Å². The Morgan fingerprint density at radius 1 is 1.38 bits per heavy atom. The predicted molar refractivity (Wildman–Crippen MR) is 53.7 cm³/mol. The summed E-state index contributed by atoms with van der Waals surface area (Å²) in [5.74, 6) is 0.902. The van der Waals surface area contributed by atoms with E-state index in [1.165, 1.54) is 0 Å². The van der Waals surface area contributed by atoms with Crippen LogP contribution in [0.2, 0.25) is 0 Å². The monoisotopic (exact) mass is 175 g/mol. The lowest BCUT2D eigenvalue weighted by Gasteiger charge is -2.10. The smallest absolute Gasteiger partial charge is 0.153 e. The summed E-state index contributed by atoms with van der Waals surface area (Å²) in [7, 11) is 0. The molecule has 0 unspecified atom stereocenters. The van der Waals surface area contributed by atoms with Crippen molar-refractivity contribution in [1.82, 2.24) is 9.66 Å². The van der Waals surface area contributed by atoms with Gasteiger partial charge in [0.2, 0.25) is 0 Å². The number of hydrogen-bond donors (Lipinski definition) is 0. The Morgan fingerprint density at radius 2 is 2.15 bits per heavy atom. The third-order valence-electron chi connectivity index (χ3n) is 2.01. The zero-order valence-corrected chi connectivity index (χ0v) is 8.15. The third-order valence-corrected chi connectivity index (χ3v) is 2.01. The molecule has 3 nitrogen and oxygen atoms in total. The van der Waals surface area contributed by atoms with Gasteiger partial charge in [-0.1, -0.05) is 19.9 Å². The van der Waals surface area contributed by atoms with Gasteiger partial charge in [0.1, 0.15) is 0 Å². The first-order valence-electron chi connectivity index (χ1n) is 4.38. The van der Waals surface area contributed by atoms with Crippen molar-refractivity contribution in [2.24, 2.45) is 10.5 Å². The van der Waals surface area contributed by atoms with Crippen LogP contribution in [0.5, 0.6) is 0 Å². The second kappa shape index (κ2) is 2.55. The van der Waals surface area contributed by atoms with Crippen molar-refractivity contribution in [3.63, 3.8) is 0 Å². The number of imidazole rings is 1. The van der Waals surface area contributed by atoms with Gasteiger partial charge >= 0.3 is 0 Å². The number of aryl methyl sites for hydroxylation is 1. The van der Waals surface area contributed by atoms with E-state index in [9.17, 15) is 0 Å². The molecule has 0 saturated heterocycles. The first kappa shape index (κ1) is 8.23. The van der Waals surface area contributed by atoms with Gasteiger partial charge in [0.05, 0.1) is 11.9 Å². The molecule has 0 N–H and O–H groups in total. The van der Waals surface area contributed by atoms with Gasteiger partial charge in [-0.2, -0.15) is 5.10 Å². The maximum atomic E-state index is 4.34. The summed E-state index contributed by atoms with van der Waals surface area (Å²) in [6.45, 7) is 6.20. The van der Waals surface area contributed by atoms with Crippen molar-refractivity contribution < 1.29 is 0 Å². The number of rotatable bonds is 0. The van der Waals surface area contributed by atoms with Gasteiger partial charge in [-0.15, -0.1) is 0 Å². The van der Waals surface area contributed by atoms with Crippen LogP contribution in [-0.2, 0) is 0 Å². The second-order valence-electron chi connectivity index (χ2n) is 3.98. The van der Waals surface area contributed by atoms with Crippen LogP contribution in [0.25, 0.3) is 6.08 Å². The summed E-state index contributed by atoms with van der Waals surface area (Å²) >= 11 is 0. The van der Waals surface area contributed by atoms with E-state index in [2.05, 4.69) is 30.0 Å². The fourth-order valence-electron chi connectivity index (χ4n) is 1.25. The molecule has 0 spiro atoms. The molecule has 0 atom stereocenters. The highest BCUT2D eigenvalue weighted by Gasteiger charge is 2.14. The zero-order valence-electron chi connectivity index (χ0n) is 8.15. The summed E-state index contributed by atoms with van der Waals surface area (Å²) in [6, 6.07) is 0. The molecular weight excluding hydrogens is 162 g/mol. The van der Waals surface area contributed by atoms with E-state index >= 15 is 0 Å². The SMILES string of the molecule is Cc1cn2c(n1)C=CC(C)(C)C=N2. The van der Waals surface area contributed by atoms with E-state index < -0.39 is 0 Å². The van der Waals surface area contributed by atoms with Gasteiger partial charge in [-0.3, -0.25) is 0 Å². The van der Waals surface area contributed by atoms with Crippen LogP contribution < -0.4 is 0 Å².